The summed E-state index contributed by atoms with van der Waals surface area (Å²) in [6.07, 6.45) is -1.72. The van der Waals surface area contributed by atoms with Gasteiger partial charge in [0.15, 0.2) is 6.23 Å². The van der Waals surface area contributed by atoms with Gasteiger partial charge in [0, 0.05) is 5.02 Å². The molecule has 1 heterocycles. The standard InChI is InChI=1S/C22H24ClNO7S/c1-4-29-20(25)22(21(26)30-5-2)18(15-11-13-17(23)14-12-15)31-19(24(22)32(3,27)28)16-9-7-6-8-10-16/h6-14,18-19H,4-5H2,1-3H3/t18-,19+/m0/s1. The smallest absolute Gasteiger partial charge is 0.342 e. The van der Waals surface area contributed by atoms with Crippen molar-refractivity contribution in [2.75, 3.05) is 19.5 Å². The Labute approximate surface area is 192 Å². The minimum Gasteiger partial charge on any atom is -0.464 e. The van der Waals surface area contributed by atoms with Crippen molar-refractivity contribution >= 4 is 33.6 Å². The molecule has 0 aliphatic carbocycles. The van der Waals surface area contributed by atoms with Gasteiger partial charge in [-0.05, 0) is 37.1 Å². The van der Waals surface area contributed by atoms with Gasteiger partial charge < -0.3 is 14.2 Å². The topological polar surface area (TPSA) is 99.2 Å². The fourth-order valence-electron chi connectivity index (χ4n) is 3.77. The van der Waals surface area contributed by atoms with E-state index in [0.29, 0.717) is 16.1 Å². The van der Waals surface area contributed by atoms with E-state index in [1.807, 2.05) is 0 Å². The molecule has 2 atom stereocenters. The predicted octanol–water partition coefficient (Wildman–Crippen LogP) is 3.24. The second-order valence-electron chi connectivity index (χ2n) is 7.10. The zero-order valence-electron chi connectivity index (χ0n) is 17.9. The van der Waals surface area contributed by atoms with Gasteiger partial charge in [-0.15, -0.1) is 4.31 Å². The van der Waals surface area contributed by atoms with Crippen LogP contribution in [0.4, 0.5) is 0 Å². The molecule has 8 nitrogen and oxygen atoms in total. The van der Waals surface area contributed by atoms with Crippen LogP contribution in [0.3, 0.4) is 0 Å². The van der Waals surface area contributed by atoms with Crippen LogP contribution in [-0.4, -0.2) is 49.7 Å². The highest BCUT2D eigenvalue weighted by Crippen LogP contribution is 2.52. The molecule has 172 valence electrons. The van der Waals surface area contributed by atoms with Crippen molar-refractivity contribution in [3.8, 4) is 0 Å². The van der Waals surface area contributed by atoms with Crippen molar-refractivity contribution in [1.82, 2.24) is 4.31 Å². The molecule has 32 heavy (non-hydrogen) atoms. The summed E-state index contributed by atoms with van der Waals surface area (Å²) in [4.78, 5) is 26.9. The van der Waals surface area contributed by atoms with Crippen LogP contribution in [0, 0.1) is 0 Å². The number of benzene rings is 2. The molecule has 1 fully saturated rings. The molecule has 0 saturated carbocycles. The minimum atomic E-state index is -4.20. The summed E-state index contributed by atoms with van der Waals surface area (Å²) < 4.78 is 43.6. The lowest BCUT2D eigenvalue weighted by molar-refractivity contribution is -0.172. The Morgan fingerprint density at radius 2 is 1.50 bits per heavy atom. The molecule has 1 saturated heterocycles. The summed E-state index contributed by atoms with van der Waals surface area (Å²) in [7, 11) is -4.20. The van der Waals surface area contributed by atoms with Crippen molar-refractivity contribution < 1.29 is 32.2 Å². The fraction of sp³-hybridized carbons (Fsp3) is 0.364. The summed E-state index contributed by atoms with van der Waals surface area (Å²) in [5, 5.41) is 0.421. The number of nitrogens with zero attached hydrogens (tertiary/aromatic N) is 1. The number of carbonyl (C=O) groups is 2. The largest absolute Gasteiger partial charge is 0.464 e. The molecule has 0 aromatic heterocycles. The number of hydrogen-bond donors (Lipinski definition) is 0. The lowest BCUT2D eigenvalue weighted by Crippen LogP contribution is -2.62. The van der Waals surface area contributed by atoms with Crippen molar-refractivity contribution in [2.24, 2.45) is 0 Å². The molecule has 1 aliphatic rings. The minimum absolute atomic E-state index is 0.0824. The molecule has 0 N–H and O–H groups in total. The molecule has 0 bridgehead atoms. The van der Waals surface area contributed by atoms with Gasteiger partial charge in [-0.25, -0.2) is 18.0 Å². The highest BCUT2D eigenvalue weighted by molar-refractivity contribution is 7.88. The Bertz CT molecular complexity index is 1060. The Morgan fingerprint density at radius 1 is 0.969 bits per heavy atom. The molecule has 0 amide bonds. The third-order valence-corrected chi connectivity index (χ3v) is 6.44. The SMILES string of the molecule is CCOC(=O)C1(C(=O)OCC)[C@H](c2ccc(Cl)cc2)O[C@H](c2ccccc2)N1S(C)(=O)=O. The molecule has 1 aliphatic heterocycles. The molecule has 10 heteroatoms. The molecular weight excluding hydrogens is 458 g/mol. The lowest BCUT2D eigenvalue weighted by Gasteiger charge is -2.35. The average Bonchev–Trinajstić information content (AvgIpc) is 3.13. The van der Waals surface area contributed by atoms with E-state index in [1.54, 1.807) is 68.4 Å². The zero-order chi connectivity index (χ0) is 23.5. The van der Waals surface area contributed by atoms with Crippen LogP contribution in [0.2, 0.25) is 5.02 Å². The van der Waals surface area contributed by atoms with Gasteiger partial charge >= 0.3 is 11.9 Å². The van der Waals surface area contributed by atoms with Gasteiger partial charge in [0.1, 0.15) is 6.10 Å². The third kappa shape index (κ3) is 4.25. The zero-order valence-corrected chi connectivity index (χ0v) is 19.4. The highest BCUT2D eigenvalue weighted by atomic mass is 35.5. The Balaban J connectivity index is 2.35. The summed E-state index contributed by atoms with van der Waals surface area (Å²) in [6.45, 7) is 2.95. The maximum atomic E-state index is 13.4. The van der Waals surface area contributed by atoms with Crippen LogP contribution in [-0.2, 0) is 33.8 Å². The average molecular weight is 482 g/mol. The van der Waals surface area contributed by atoms with Gasteiger partial charge in [-0.3, -0.25) is 0 Å². The van der Waals surface area contributed by atoms with Gasteiger partial charge in [-0.2, -0.15) is 0 Å². The summed E-state index contributed by atoms with van der Waals surface area (Å²) in [5.41, 5.74) is -1.64. The van der Waals surface area contributed by atoms with Gasteiger partial charge in [0.2, 0.25) is 10.0 Å². The van der Waals surface area contributed by atoms with Crippen molar-refractivity contribution in [3.63, 3.8) is 0 Å². The third-order valence-electron chi connectivity index (χ3n) is 4.99. The molecule has 2 aromatic carbocycles. The molecule has 2 aromatic rings. The second kappa shape index (κ2) is 9.58. The Morgan fingerprint density at radius 3 is 1.97 bits per heavy atom. The quantitative estimate of drug-likeness (QED) is 0.442. The first-order chi connectivity index (χ1) is 15.2. The van der Waals surface area contributed by atoms with E-state index in [1.165, 1.54) is 0 Å². The number of esters is 2. The number of carbonyl (C=O) groups excluding carboxylic acids is 2. The number of halogens is 1. The van der Waals surface area contributed by atoms with E-state index in [9.17, 15) is 18.0 Å². The first-order valence-corrected chi connectivity index (χ1v) is 12.2. The van der Waals surface area contributed by atoms with E-state index in [4.69, 9.17) is 25.8 Å². The van der Waals surface area contributed by atoms with E-state index >= 15 is 0 Å². The number of hydrogen-bond acceptors (Lipinski definition) is 7. The summed E-state index contributed by atoms with van der Waals surface area (Å²) >= 11 is 6.01. The van der Waals surface area contributed by atoms with E-state index in [2.05, 4.69) is 0 Å². The van der Waals surface area contributed by atoms with Crippen LogP contribution in [0.25, 0.3) is 0 Å². The predicted molar refractivity (Wildman–Crippen MR) is 117 cm³/mol. The monoisotopic (exact) mass is 481 g/mol. The van der Waals surface area contributed by atoms with Crippen molar-refractivity contribution in [1.29, 1.82) is 0 Å². The van der Waals surface area contributed by atoms with E-state index in [-0.39, 0.29) is 13.2 Å². The molecule has 0 unspecified atom stereocenters. The first kappa shape index (κ1) is 24.2. The van der Waals surface area contributed by atoms with Gasteiger partial charge in [-0.1, -0.05) is 54.1 Å². The Hall–Kier alpha value is -2.46. The van der Waals surface area contributed by atoms with Gasteiger partial charge in [0.05, 0.1) is 19.5 Å². The highest BCUT2D eigenvalue weighted by Gasteiger charge is 2.70. The Kier molecular flexibility index (Phi) is 7.24. The lowest BCUT2D eigenvalue weighted by atomic mass is 9.88. The van der Waals surface area contributed by atoms with Crippen LogP contribution < -0.4 is 0 Å². The maximum Gasteiger partial charge on any atom is 0.342 e. The van der Waals surface area contributed by atoms with Crippen LogP contribution in [0.5, 0.6) is 0 Å². The molecular formula is C22H24ClNO7S. The van der Waals surface area contributed by atoms with Crippen LogP contribution in [0.15, 0.2) is 54.6 Å². The number of sulfonamides is 1. The van der Waals surface area contributed by atoms with Crippen LogP contribution in [0.1, 0.15) is 37.3 Å². The molecule has 0 radical (unpaired) electrons. The normalized spacial score (nSPS) is 20.6. The summed E-state index contributed by atoms with van der Waals surface area (Å²) in [6, 6.07) is 14.7. The molecule has 3 rings (SSSR count). The van der Waals surface area contributed by atoms with Crippen molar-refractivity contribution in [2.45, 2.75) is 31.7 Å². The fourth-order valence-corrected chi connectivity index (χ4v) is 5.18. The number of rotatable bonds is 7. The van der Waals surface area contributed by atoms with E-state index in [0.717, 1.165) is 10.6 Å². The van der Waals surface area contributed by atoms with E-state index < -0.39 is 39.8 Å². The molecule has 0 spiro atoms. The summed E-state index contributed by atoms with van der Waals surface area (Å²) in [5.74, 6) is -2.16. The maximum absolute atomic E-state index is 13.4. The van der Waals surface area contributed by atoms with Crippen LogP contribution >= 0.6 is 11.6 Å². The van der Waals surface area contributed by atoms with Crippen molar-refractivity contribution in [3.05, 3.63) is 70.7 Å². The second-order valence-corrected chi connectivity index (χ2v) is 9.39. The number of ether oxygens (including phenoxy) is 3. The first-order valence-electron chi connectivity index (χ1n) is 9.97. The van der Waals surface area contributed by atoms with Gasteiger partial charge in [0.25, 0.3) is 5.54 Å².